The topological polar surface area (TPSA) is 32.3 Å². The highest BCUT2D eigenvalue weighted by molar-refractivity contribution is 7.10. The number of rotatable bonds is 6. The van der Waals surface area contributed by atoms with Crippen molar-refractivity contribution in [3.63, 3.8) is 0 Å². The SMILES string of the molecule is CNCCCC(=O)N(C)C(C)c1cccs1.Cl. The fraction of sp³-hybridized carbons (Fsp3) is 0.583. The summed E-state index contributed by atoms with van der Waals surface area (Å²) in [7, 11) is 3.79. The largest absolute Gasteiger partial charge is 0.338 e. The summed E-state index contributed by atoms with van der Waals surface area (Å²) in [6, 6.07) is 4.28. The Morgan fingerprint density at radius 3 is 2.82 bits per heavy atom. The zero-order chi connectivity index (χ0) is 12.0. The van der Waals surface area contributed by atoms with E-state index in [4.69, 9.17) is 0 Å². The van der Waals surface area contributed by atoms with Gasteiger partial charge in [-0.1, -0.05) is 6.07 Å². The Morgan fingerprint density at radius 2 is 2.29 bits per heavy atom. The molecule has 5 heteroatoms. The maximum absolute atomic E-state index is 11.9. The highest BCUT2D eigenvalue weighted by Gasteiger charge is 2.17. The van der Waals surface area contributed by atoms with Gasteiger partial charge in [-0.15, -0.1) is 23.7 Å². The lowest BCUT2D eigenvalue weighted by molar-refractivity contribution is -0.131. The number of halogens is 1. The molecule has 0 spiro atoms. The zero-order valence-corrected chi connectivity index (χ0v) is 12.2. The third-order valence-electron chi connectivity index (χ3n) is 2.75. The minimum atomic E-state index is 0. The third kappa shape index (κ3) is 5.06. The molecular weight excluding hydrogens is 256 g/mol. The Morgan fingerprint density at radius 1 is 1.59 bits per heavy atom. The Balaban J connectivity index is 0.00000256. The zero-order valence-electron chi connectivity index (χ0n) is 10.6. The Labute approximate surface area is 114 Å². The number of amides is 1. The average molecular weight is 277 g/mol. The van der Waals surface area contributed by atoms with E-state index in [1.807, 2.05) is 30.4 Å². The van der Waals surface area contributed by atoms with E-state index in [-0.39, 0.29) is 24.4 Å². The van der Waals surface area contributed by atoms with Crippen molar-refractivity contribution in [1.29, 1.82) is 0 Å². The van der Waals surface area contributed by atoms with Gasteiger partial charge in [0, 0.05) is 18.3 Å². The van der Waals surface area contributed by atoms with Crippen molar-refractivity contribution in [1.82, 2.24) is 10.2 Å². The molecule has 1 aromatic rings. The molecule has 0 aliphatic heterocycles. The van der Waals surface area contributed by atoms with Crippen molar-refractivity contribution in [3.05, 3.63) is 22.4 Å². The van der Waals surface area contributed by atoms with E-state index >= 15 is 0 Å². The molecule has 0 aliphatic carbocycles. The lowest BCUT2D eigenvalue weighted by Crippen LogP contribution is -2.29. The van der Waals surface area contributed by atoms with Crippen LogP contribution < -0.4 is 5.32 Å². The molecular formula is C12H21ClN2OS. The molecule has 98 valence electrons. The third-order valence-corrected chi connectivity index (χ3v) is 3.79. The van der Waals surface area contributed by atoms with Crippen molar-refractivity contribution in [2.45, 2.75) is 25.8 Å². The van der Waals surface area contributed by atoms with E-state index in [1.165, 1.54) is 4.88 Å². The van der Waals surface area contributed by atoms with E-state index in [1.54, 1.807) is 11.3 Å². The smallest absolute Gasteiger partial charge is 0.222 e. The first-order valence-corrected chi connectivity index (χ1v) is 6.48. The second-order valence-electron chi connectivity index (χ2n) is 3.90. The first kappa shape index (κ1) is 16.4. The van der Waals surface area contributed by atoms with Crippen LogP contribution in [0, 0.1) is 0 Å². The van der Waals surface area contributed by atoms with Gasteiger partial charge in [0.1, 0.15) is 0 Å². The van der Waals surface area contributed by atoms with Crippen LogP contribution in [0.25, 0.3) is 0 Å². The lowest BCUT2D eigenvalue weighted by Gasteiger charge is -2.24. The van der Waals surface area contributed by atoms with Gasteiger partial charge < -0.3 is 10.2 Å². The molecule has 0 aromatic carbocycles. The maximum atomic E-state index is 11.9. The van der Waals surface area contributed by atoms with Gasteiger partial charge in [0.25, 0.3) is 0 Å². The molecule has 1 atom stereocenters. The van der Waals surface area contributed by atoms with Crippen LogP contribution in [0.15, 0.2) is 17.5 Å². The fourth-order valence-electron chi connectivity index (χ4n) is 1.53. The monoisotopic (exact) mass is 276 g/mol. The summed E-state index contributed by atoms with van der Waals surface area (Å²) in [6.45, 7) is 2.97. The predicted molar refractivity (Wildman–Crippen MR) is 75.9 cm³/mol. The molecule has 0 aliphatic rings. The van der Waals surface area contributed by atoms with Crippen LogP contribution in [0.5, 0.6) is 0 Å². The van der Waals surface area contributed by atoms with Gasteiger partial charge in [-0.25, -0.2) is 0 Å². The van der Waals surface area contributed by atoms with E-state index in [2.05, 4.69) is 18.3 Å². The van der Waals surface area contributed by atoms with Crippen LogP contribution in [0.2, 0.25) is 0 Å². The molecule has 0 radical (unpaired) electrons. The second-order valence-corrected chi connectivity index (χ2v) is 4.88. The van der Waals surface area contributed by atoms with E-state index in [0.29, 0.717) is 6.42 Å². The normalized spacial score (nSPS) is 11.7. The number of carbonyl (C=O) groups is 1. The number of carbonyl (C=O) groups excluding carboxylic acids is 1. The van der Waals surface area contributed by atoms with E-state index in [9.17, 15) is 4.79 Å². The number of nitrogens with one attached hydrogen (secondary N) is 1. The molecule has 0 bridgehead atoms. The first-order valence-electron chi connectivity index (χ1n) is 5.60. The van der Waals surface area contributed by atoms with Crippen LogP contribution in [-0.4, -0.2) is 31.4 Å². The summed E-state index contributed by atoms with van der Waals surface area (Å²) in [4.78, 5) is 14.9. The van der Waals surface area contributed by atoms with Crippen LogP contribution in [0.1, 0.15) is 30.7 Å². The van der Waals surface area contributed by atoms with Gasteiger partial charge in [0.2, 0.25) is 5.91 Å². The second kappa shape index (κ2) is 8.50. The number of thiophene rings is 1. The molecule has 0 saturated heterocycles. The van der Waals surface area contributed by atoms with Crippen LogP contribution >= 0.6 is 23.7 Å². The van der Waals surface area contributed by atoms with Crippen molar-refractivity contribution in [2.75, 3.05) is 20.6 Å². The van der Waals surface area contributed by atoms with E-state index in [0.717, 1.165) is 13.0 Å². The molecule has 1 unspecified atom stereocenters. The molecule has 17 heavy (non-hydrogen) atoms. The van der Waals surface area contributed by atoms with Crippen LogP contribution in [0.3, 0.4) is 0 Å². The maximum Gasteiger partial charge on any atom is 0.222 e. The average Bonchev–Trinajstić information content (AvgIpc) is 2.80. The fourth-order valence-corrected chi connectivity index (χ4v) is 2.36. The van der Waals surface area contributed by atoms with Crippen LogP contribution in [0.4, 0.5) is 0 Å². The highest BCUT2D eigenvalue weighted by atomic mass is 35.5. The molecule has 1 aromatic heterocycles. The molecule has 1 heterocycles. The minimum absolute atomic E-state index is 0. The van der Waals surface area contributed by atoms with Gasteiger partial charge in [-0.05, 0) is 38.4 Å². The molecule has 0 fully saturated rings. The highest BCUT2D eigenvalue weighted by Crippen LogP contribution is 2.23. The molecule has 1 rings (SSSR count). The Hall–Kier alpha value is -0.580. The lowest BCUT2D eigenvalue weighted by atomic mass is 10.2. The van der Waals surface area contributed by atoms with Gasteiger partial charge in [-0.3, -0.25) is 4.79 Å². The predicted octanol–water partition coefficient (Wildman–Crippen LogP) is 2.69. The van der Waals surface area contributed by atoms with Crippen molar-refractivity contribution >= 4 is 29.7 Å². The summed E-state index contributed by atoms with van der Waals surface area (Å²) >= 11 is 1.70. The summed E-state index contributed by atoms with van der Waals surface area (Å²) in [6.07, 6.45) is 1.52. The van der Waals surface area contributed by atoms with Gasteiger partial charge >= 0.3 is 0 Å². The molecule has 0 saturated carbocycles. The number of hydrogen-bond donors (Lipinski definition) is 1. The summed E-state index contributed by atoms with van der Waals surface area (Å²) in [5, 5.41) is 5.10. The molecule has 1 amide bonds. The summed E-state index contributed by atoms with van der Waals surface area (Å²) in [5.41, 5.74) is 0. The van der Waals surface area contributed by atoms with Crippen LogP contribution in [-0.2, 0) is 4.79 Å². The molecule has 1 N–H and O–H groups in total. The van der Waals surface area contributed by atoms with Crippen molar-refractivity contribution < 1.29 is 4.79 Å². The van der Waals surface area contributed by atoms with Crippen molar-refractivity contribution in [3.8, 4) is 0 Å². The summed E-state index contributed by atoms with van der Waals surface area (Å²) in [5.74, 6) is 0.219. The van der Waals surface area contributed by atoms with Gasteiger partial charge in [-0.2, -0.15) is 0 Å². The quantitative estimate of drug-likeness (QED) is 0.811. The first-order chi connectivity index (χ1) is 7.66. The van der Waals surface area contributed by atoms with Gasteiger partial charge in [0.15, 0.2) is 0 Å². The Bertz CT molecular complexity index is 316. The van der Waals surface area contributed by atoms with Gasteiger partial charge in [0.05, 0.1) is 6.04 Å². The number of nitrogens with zero attached hydrogens (tertiary/aromatic N) is 1. The standard InChI is InChI=1S/C12H20N2OS.ClH/c1-10(11-6-5-9-16-11)14(3)12(15)7-4-8-13-2;/h5-6,9-10,13H,4,7-8H2,1-3H3;1H. The minimum Gasteiger partial charge on any atom is -0.338 e. The number of hydrogen-bond acceptors (Lipinski definition) is 3. The van der Waals surface area contributed by atoms with Crippen molar-refractivity contribution in [2.24, 2.45) is 0 Å². The molecule has 3 nitrogen and oxygen atoms in total. The summed E-state index contributed by atoms with van der Waals surface area (Å²) < 4.78 is 0. The Kier molecular flexibility index (Phi) is 8.21. The van der Waals surface area contributed by atoms with E-state index < -0.39 is 0 Å².